The largest absolute Gasteiger partial charge is 0.393 e. The molecule has 1 aromatic rings. The molecule has 1 aliphatic heterocycles. The highest BCUT2D eigenvalue weighted by Gasteiger charge is 2.25. The van der Waals surface area contributed by atoms with Crippen LogP contribution in [-0.4, -0.2) is 41.7 Å². The van der Waals surface area contributed by atoms with Gasteiger partial charge in [-0.05, 0) is 30.5 Å². The van der Waals surface area contributed by atoms with Crippen molar-refractivity contribution in [3.8, 4) is 0 Å². The maximum absolute atomic E-state index is 12.0. The molecule has 4 nitrogen and oxygen atoms in total. The van der Waals surface area contributed by atoms with E-state index in [0.29, 0.717) is 28.7 Å². The minimum atomic E-state index is -0.260. The molecule has 0 radical (unpaired) electrons. The number of hydrogen-bond donors (Lipinski definition) is 2. The van der Waals surface area contributed by atoms with E-state index in [-0.39, 0.29) is 17.9 Å². The van der Waals surface area contributed by atoms with Gasteiger partial charge in [0.2, 0.25) is 5.91 Å². The number of amides is 1. The number of carbonyl (C=O) groups excluding carboxylic acids is 1. The van der Waals surface area contributed by atoms with Gasteiger partial charge < -0.3 is 10.4 Å². The van der Waals surface area contributed by atoms with Crippen LogP contribution in [0.5, 0.6) is 0 Å². The molecule has 0 saturated carbocycles. The number of aliphatic hydroxyl groups is 1. The van der Waals surface area contributed by atoms with Crippen LogP contribution in [0.4, 0.5) is 5.69 Å². The minimum Gasteiger partial charge on any atom is -0.393 e. The van der Waals surface area contributed by atoms with Crippen molar-refractivity contribution in [2.45, 2.75) is 19.4 Å². The number of hydrogen-bond acceptors (Lipinski definition) is 3. The van der Waals surface area contributed by atoms with Crippen LogP contribution >= 0.6 is 23.2 Å². The van der Waals surface area contributed by atoms with Gasteiger partial charge in [0.25, 0.3) is 0 Å². The van der Waals surface area contributed by atoms with Gasteiger partial charge in [-0.15, -0.1) is 0 Å². The molecule has 2 N–H and O–H groups in total. The lowest BCUT2D eigenvalue weighted by atomic mass is 9.97. The van der Waals surface area contributed by atoms with Gasteiger partial charge in [0.05, 0.1) is 22.7 Å². The van der Waals surface area contributed by atoms with Crippen molar-refractivity contribution in [1.29, 1.82) is 0 Å². The number of anilines is 1. The molecule has 0 bridgehead atoms. The molecule has 2 atom stereocenters. The van der Waals surface area contributed by atoms with Gasteiger partial charge in [-0.3, -0.25) is 9.69 Å². The normalized spacial score (nSPS) is 23.6. The molecule has 2 rings (SSSR count). The van der Waals surface area contributed by atoms with Crippen LogP contribution in [0.3, 0.4) is 0 Å². The zero-order valence-corrected chi connectivity index (χ0v) is 12.8. The number of nitrogens with one attached hydrogen (secondary N) is 1. The van der Waals surface area contributed by atoms with E-state index in [9.17, 15) is 9.90 Å². The lowest BCUT2D eigenvalue weighted by Crippen LogP contribution is -2.45. The number of piperidine rings is 1. The van der Waals surface area contributed by atoms with E-state index in [1.807, 2.05) is 11.8 Å². The highest BCUT2D eigenvalue weighted by Crippen LogP contribution is 2.25. The van der Waals surface area contributed by atoms with Gasteiger partial charge in [0.15, 0.2) is 0 Å². The Morgan fingerprint density at radius 2 is 2.20 bits per heavy atom. The quantitative estimate of drug-likeness (QED) is 0.901. The van der Waals surface area contributed by atoms with Gasteiger partial charge in [0.1, 0.15) is 0 Å². The topological polar surface area (TPSA) is 52.6 Å². The molecule has 110 valence electrons. The maximum Gasteiger partial charge on any atom is 0.238 e. The summed E-state index contributed by atoms with van der Waals surface area (Å²) in [6.45, 7) is 3.78. The Hall–Kier alpha value is -0.810. The number of aliphatic hydroxyl groups excluding tert-OH is 1. The summed E-state index contributed by atoms with van der Waals surface area (Å²) in [6.07, 6.45) is 0.450. The number of nitrogens with zero attached hydrogens (tertiary/aromatic N) is 1. The summed E-state index contributed by atoms with van der Waals surface area (Å²) in [5.74, 6) is 0.105. The molecule has 0 aliphatic carbocycles. The van der Waals surface area contributed by atoms with Crippen LogP contribution in [0.25, 0.3) is 0 Å². The molecule has 2 unspecified atom stereocenters. The van der Waals surface area contributed by atoms with Crippen molar-refractivity contribution in [3.05, 3.63) is 28.2 Å². The van der Waals surface area contributed by atoms with E-state index in [4.69, 9.17) is 23.2 Å². The predicted molar refractivity (Wildman–Crippen MR) is 81.3 cm³/mol. The fraction of sp³-hybridized carbons (Fsp3) is 0.500. The smallest absolute Gasteiger partial charge is 0.238 e. The molecule has 6 heteroatoms. The number of benzene rings is 1. The highest BCUT2D eigenvalue weighted by molar-refractivity contribution is 6.42. The first-order chi connectivity index (χ1) is 9.45. The molecule has 20 heavy (non-hydrogen) atoms. The van der Waals surface area contributed by atoms with Crippen LogP contribution < -0.4 is 5.32 Å². The molecule has 0 aromatic heterocycles. The van der Waals surface area contributed by atoms with Crippen molar-refractivity contribution >= 4 is 34.8 Å². The van der Waals surface area contributed by atoms with Crippen LogP contribution in [-0.2, 0) is 4.79 Å². The summed E-state index contributed by atoms with van der Waals surface area (Å²) in [6, 6.07) is 5.00. The van der Waals surface area contributed by atoms with Crippen molar-refractivity contribution < 1.29 is 9.90 Å². The van der Waals surface area contributed by atoms with Gasteiger partial charge in [-0.2, -0.15) is 0 Å². The third-order valence-corrected chi connectivity index (χ3v) is 4.25. The fourth-order valence-electron chi connectivity index (χ4n) is 2.34. The summed E-state index contributed by atoms with van der Waals surface area (Å²) in [5.41, 5.74) is 0.634. The van der Waals surface area contributed by atoms with Crippen molar-refractivity contribution in [3.63, 3.8) is 0 Å². The van der Waals surface area contributed by atoms with Crippen LogP contribution in [0.15, 0.2) is 18.2 Å². The Bertz CT molecular complexity index is 496. The zero-order chi connectivity index (χ0) is 14.7. The second-order valence-corrected chi connectivity index (χ2v) is 6.06. The second-order valence-electron chi connectivity index (χ2n) is 5.25. The first kappa shape index (κ1) is 15.6. The molecule has 1 heterocycles. The third-order valence-electron chi connectivity index (χ3n) is 3.51. The summed E-state index contributed by atoms with van der Waals surface area (Å²) in [7, 11) is 0. The lowest BCUT2D eigenvalue weighted by Gasteiger charge is -2.33. The van der Waals surface area contributed by atoms with E-state index >= 15 is 0 Å². The molecule has 1 saturated heterocycles. The van der Waals surface area contributed by atoms with Crippen molar-refractivity contribution in [1.82, 2.24) is 4.90 Å². The van der Waals surface area contributed by atoms with Gasteiger partial charge in [-0.1, -0.05) is 30.1 Å². The molecule has 1 aliphatic rings. The molecule has 1 amide bonds. The van der Waals surface area contributed by atoms with Crippen LogP contribution in [0, 0.1) is 5.92 Å². The summed E-state index contributed by atoms with van der Waals surface area (Å²) >= 11 is 11.7. The standard InChI is InChI=1S/C14H18Cl2N2O2/c1-9-7-18(5-4-13(9)19)8-14(20)17-10-2-3-11(15)12(16)6-10/h2-3,6,9,13,19H,4-5,7-8H2,1H3,(H,17,20). The maximum atomic E-state index is 12.0. The van der Waals surface area contributed by atoms with Crippen LogP contribution in [0.1, 0.15) is 13.3 Å². The Morgan fingerprint density at radius 1 is 1.45 bits per heavy atom. The van der Waals surface area contributed by atoms with Gasteiger partial charge in [0, 0.05) is 18.8 Å². The number of likely N-dealkylation sites (tertiary alicyclic amines) is 1. The molecule has 1 aromatic carbocycles. The van der Waals surface area contributed by atoms with E-state index in [2.05, 4.69) is 5.32 Å². The lowest BCUT2D eigenvalue weighted by molar-refractivity contribution is -0.118. The van der Waals surface area contributed by atoms with Crippen molar-refractivity contribution in [2.24, 2.45) is 5.92 Å². The Kier molecular flexibility index (Phi) is 5.27. The van der Waals surface area contributed by atoms with E-state index < -0.39 is 0 Å². The number of halogens is 2. The average Bonchev–Trinajstić information content (AvgIpc) is 2.38. The SMILES string of the molecule is CC1CN(CC(=O)Nc2ccc(Cl)c(Cl)c2)CCC1O. The predicted octanol–water partition coefficient (Wildman–Crippen LogP) is 2.63. The fourth-order valence-corrected chi connectivity index (χ4v) is 2.64. The van der Waals surface area contributed by atoms with E-state index in [0.717, 1.165) is 13.1 Å². The Labute approximate surface area is 128 Å². The molecular formula is C14H18Cl2N2O2. The first-order valence-corrected chi connectivity index (χ1v) is 7.36. The highest BCUT2D eigenvalue weighted by atomic mass is 35.5. The molecule has 0 spiro atoms. The number of carbonyl (C=O) groups is 1. The van der Waals surface area contributed by atoms with Crippen molar-refractivity contribution in [2.75, 3.05) is 25.0 Å². The minimum absolute atomic E-state index is 0.0908. The van der Waals surface area contributed by atoms with Gasteiger partial charge in [-0.25, -0.2) is 0 Å². The zero-order valence-electron chi connectivity index (χ0n) is 11.3. The Balaban J connectivity index is 1.87. The summed E-state index contributed by atoms with van der Waals surface area (Å²) in [5, 5.41) is 13.3. The molecule has 1 fully saturated rings. The van der Waals surface area contributed by atoms with Gasteiger partial charge >= 0.3 is 0 Å². The van der Waals surface area contributed by atoms with Crippen LogP contribution in [0.2, 0.25) is 10.0 Å². The summed E-state index contributed by atoms with van der Waals surface area (Å²) < 4.78 is 0. The number of rotatable bonds is 3. The molecular weight excluding hydrogens is 299 g/mol. The monoisotopic (exact) mass is 316 g/mol. The first-order valence-electron chi connectivity index (χ1n) is 6.61. The Morgan fingerprint density at radius 3 is 2.85 bits per heavy atom. The van der Waals surface area contributed by atoms with E-state index in [1.54, 1.807) is 18.2 Å². The summed E-state index contributed by atoms with van der Waals surface area (Å²) in [4.78, 5) is 14.0. The van der Waals surface area contributed by atoms with E-state index in [1.165, 1.54) is 0 Å². The average molecular weight is 317 g/mol. The third kappa shape index (κ3) is 4.09. The second kappa shape index (κ2) is 6.76.